The molecule has 0 bridgehead atoms. The van der Waals surface area contributed by atoms with Gasteiger partial charge in [-0.25, -0.2) is 0 Å². The van der Waals surface area contributed by atoms with Crippen LogP contribution in [0.4, 0.5) is 0 Å². The van der Waals surface area contributed by atoms with E-state index in [1.165, 1.54) is 24.8 Å². The lowest BCUT2D eigenvalue weighted by Gasteiger charge is -2.20. The molecule has 0 saturated carbocycles. The van der Waals surface area contributed by atoms with E-state index >= 15 is 0 Å². The molecule has 0 heterocycles. The highest BCUT2D eigenvalue weighted by Crippen LogP contribution is 2.29. The Morgan fingerprint density at radius 2 is 1.93 bits per heavy atom. The summed E-state index contributed by atoms with van der Waals surface area (Å²) < 4.78 is 0. The molecule has 1 heteroatoms. The Hall–Kier alpha value is -0.820. The zero-order valence-corrected chi connectivity index (χ0v) is 9.79. The van der Waals surface area contributed by atoms with Gasteiger partial charge in [-0.1, -0.05) is 32.0 Å². The van der Waals surface area contributed by atoms with Crippen molar-refractivity contribution in [1.29, 1.82) is 0 Å². The molecule has 0 aromatic heterocycles. The van der Waals surface area contributed by atoms with Crippen LogP contribution in [0.3, 0.4) is 0 Å². The van der Waals surface area contributed by atoms with Crippen LogP contribution in [0.15, 0.2) is 18.2 Å². The number of fused-ring (bicyclic) bond motifs is 1. The maximum atomic E-state index is 5.85. The zero-order chi connectivity index (χ0) is 10.8. The van der Waals surface area contributed by atoms with Crippen molar-refractivity contribution >= 4 is 0 Å². The maximum absolute atomic E-state index is 5.85. The molecular formula is C14H21N. The molecule has 1 unspecified atom stereocenters. The van der Waals surface area contributed by atoms with Crippen molar-refractivity contribution in [3.63, 3.8) is 0 Å². The highest BCUT2D eigenvalue weighted by molar-refractivity contribution is 5.37. The average Bonchev–Trinajstić information content (AvgIpc) is 2.65. The van der Waals surface area contributed by atoms with Crippen LogP contribution in [0.25, 0.3) is 0 Å². The van der Waals surface area contributed by atoms with Gasteiger partial charge >= 0.3 is 0 Å². The predicted octanol–water partition coefficient (Wildman–Crippen LogP) is 2.87. The number of rotatable bonds is 3. The van der Waals surface area contributed by atoms with Crippen molar-refractivity contribution in [1.82, 2.24) is 0 Å². The Morgan fingerprint density at radius 1 is 1.20 bits per heavy atom. The highest BCUT2D eigenvalue weighted by Gasteiger charge is 2.17. The van der Waals surface area contributed by atoms with Gasteiger partial charge in [-0.15, -0.1) is 0 Å². The molecule has 0 fully saturated rings. The lowest BCUT2D eigenvalue weighted by atomic mass is 9.87. The minimum atomic E-state index is 0.524. The van der Waals surface area contributed by atoms with Gasteiger partial charge in [0.05, 0.1) is 0 Å². The van der Waals surface area contributed by atoms with Crippen molar-refractivity contribution in [3.8, 4) is 0 Å². The van der Waals surface area contributed by atoms with Crippen molar-refractivity contribution < 1.29 is 0 Å². The van der Waals surface area contributed by atoms with Gasteiger partial charge in [0, 0.05) is 0 Å². The summed E-state index contributed by atoms with van der Waals surface area (Å²) >= 11 is 0. The van der Waals surface area contributed by atoms with Crippen LogP contribution in [0, 0.1) is 5.92 Å². The zero-order valence-electron chi connectivity index (χ0n) is 9.79. The van der Waals surface area contributed by atoms with Crippen molar-refractivity contribution in [2.75, 3.05) is 6.54 Å². The summed E-state index contributed by atoms with van der Waals surface area (Å²) in [5.41, 5.74) is 10.4. The first-order chi connectivity index (χ1) is 7.22. The molecule has 2 N–H and O–H groups in total. The topological polar surface area (TPSA) is 26.0 Å². The summed E-state index contributed by atoms with van der Waals surface area (Å²) in [7, 11) is 0. The molecule has 0 amide bonds. The van der Waals surface area contributed by atoms with Crippen LogP contribution >= 0.6 is 0 Å². The number of hydrogen-bond acceptors (Lipinski definition) is 1. The minimum absolute atomic E-state index is 0.524. The quantitative estimate of drug-likeness (QED) is 0.803. The molecule has 1 nitrogen and oxygen atoms in total. The SMILES string of the molecule is CC(C)C(CN)c1ccc2c(c1)CCC2. The van der Waals surface area contributed by atoms with Crippen LogP contribution in [-0.2, 0) is 12.8 Å². The molecule has 1 aliphatic carbocycles. The summed E-state index contributed by atoms with van der Waals surface area (Å²) in [6.45, 7) is 5.27. The van der Waals surface area contributed by atoms with Gasteiger partial charge in [-0.05, 0) is 54.3 Å². The van der Waals surface area contributed by atoms with Gasteiger partial charge in [0.25, 0.3) is 0 Å². The first-order valence-corrected chi connectivity index (χ1v) is 6.04. The molecule has 1 aromatic rings. The van der Waals surface area contributed by atoms with Crippen LogP contribution < -0.4 is 5.73 Å². The van der Waals surface area contributed by atoms with Crippen molar-refractivity contribution in [2.45, 2.75) is 39.0 Å². The largest absolute Gasteiger partial charge is 0.330 e. The lowest BCUT2D eigenvalue weighted by Crippen LogP contribution is -2.17. The van der Waals surface area contributed by atoms with Crippen molar-refractivity contribution in [3.05, 3.63) is 34.9 Å². The maximum Gasteiger partial charge on any atom is -0.000577 e. The number of hydrogen-bond donors (Lipinski definition) is 1. The average molecular weight is 203 g/mol. The normalized spacial score (nSPS) is 16.8. The van der Waals surface area contributed by atoms with Crippen molar-refractivity contribution in [2.24, 2.45) is 11.7 Å². The molecule has 82 valence electrons. The Bertz CT molecular complexity index is 341. The van der Waals surface area contributed by atoms with Crippen LogP contribution in [0.2, 0.25) is 0 Å². The number of aryl methyl sites for hydroxylation is 2. The fourth-order valence-corrected chi connectivity index (χ4v) is 2.62. The Labute approximate surface area is 92.7 Å². The third-order valence-electron chi connectivity index (χ3n) is 3.61. The van der Waals surface area contributed by atoms with Gasteiger partial charge in [0.2, 0.25) is 0 Å². The third kappa shape index (κ3) is 2.07. The second-order valence-electron chi connectivity index (χ2n) is 4.97. The summed E-state index contributed by atoms with van der Waals surface area (Å²) in [5, 5.41) is 0. The smallest absolute Gasteiger partial charge is 0.000577 e. The molecule has 1 aromatic carbocycles. The number of nitrogens with two attached hydrogens (primary N) is 1. The van der Waals surface area contributed by atoms with Gasteiger partial charge in [0.1, 0.15) is 0 Å². The van der Waals surface area contributed by atoms with Gasteiger partial charge < -0.3 is 5.73 Å². The predicted molar refractivity (Wildman–Crippen MR) is 65.1 cm³/mol. The van der Waals surface area contributed by atoms with E-state index in [1.807, 2.05) is 0 Å². The van der Waals surface area contributed by atoms with E-state index in [-0.39, 0.29) is 0 Å². The molecule has 0 saturated heterocycles. The first-order valence-electron chi connectivity index (χ1n) is 6.04. The molecule has 15 heavy (non-hydrogen) atoms. The van der Waals surface area contributed by atoms with Gasteiger partial charge in [-0.2, -0.15) is 0 Å². The summed E-state index contributed by atoms with van der Waals surface area (Å²) in [5.74, 6) is 1.16. The molecule has 0 aliphatic heterocycles. The molecule has 0 radical (unpaired) electrons. The van der Waals surface area contributed by atoms with E-state index in [9.17, 15) is 0 Å². The van der Waals surface area contributed by atoms with E-state index in [2.05, 4.69) is 32.0 Å². The van der Waals surface area contributed by atoms with Crippen LogP contribution in [-0.4, -0.2) is 6.54 Å². The standard InChI is InChI=1S/C14H21N/c1-10(2)14(9-15)13-7-6-11-4-3-5-12(11)8-13/h6-8,10,14H,3-5,9,15H2,1-2H3. The first kappa shape index (κ1) is 10.7. The third-order valence-corrected chi connectivity index (χ3v) is 3.61. The fraction of sp³-hybridized carbons (Fsp3) is 0.571. The van der Waals surface area contributed by atoms with Crippen LogP contribution in [0.1, 0.15) is 42.9 Å². The second-order valence-corrected chi connectivity index (χ2v) is 4.97. The molecule has 0 spiro atoms. The summed E-state index contributed by atoms with van der Waals surface area (Å²) in [6, 6.07) is 6.98. The van der Waals surface area contributed by atoms with E-state index in [0.29, 0.717) is 11.8 Å². The van der Waals surface area contributed by atoms with E-state index in [4.69, 9.17) is 5.73 Å². The Balaban J connectivity index is 2.28. The summed E-state index contributed by atoms with van der Waals surface area (Å²) in [6.07, 6.45) is 3.86. The minimum Gasteiger partial charge on any atom is -0.330 e. The molecule has 1 atom stereocenters. The summed E-state index contributed by atoms with van der Waals surface area (Å²) in [4.78, 5) is 0. The van der Waals surface area contributed by atoms with E-state index in [1.54, 1.807) is 11.1 Å². The van der Waals surface area contributed by atoms with Crippen LogP contribution in [0.5, 0.6) is 0 Å². The number of benzene rings is 1. The Kier molecular flexibility index (Phi) is 3.11. The van der Waals surface area contributed by atoms with E-state index < -0.39 is 0 Å². The second kappa shape index (κ2) is 4.36. The fourth-order valence-electron chi connectivity index (χ4n) is 2.62. The monoisotopic (exact) mass is 203 g/mol. The Morgan fingerprint density at radius 3 is 2.60 bits per heavy atom. The molecule has 2 rings (SSSR count). The lowest BCUT2D eigenvalue weighted by molar-refractivity contribution is 0.506. The van der Waals surface area contributed by atoms with E-state index in [0.717, 1.165) is 6.54 Å². The van der Waals surface area contributed by atoms with Gasteiger partial charge in [-0.3, -0.25) is 0 Å². The van der Waals surface area contributed by atoms with Gasteiger partial charge in [0.15, 0.2) is 0 Å². The molecule has 1 aliphatic rings. The highest BCUT2D eigenvalue weighted by atomic mass is 14.6. The molecular weight excluding hydrogens is 182 g/mol.